The summed E-state index contributed by atoms with van der Waals surface area (Å²) in [5.41, 5.74) is -1.11. The first kappa shape index (κ1) is 80.3. The van der Waals surface area contributed by atoms with Crippen LogP contribution in [0.3, 0.4) is 0 Å². The van der Waals surface area contributed by atoms with Crippen molar-refractivity contribution in [3.8, 4) is 0 Å². The molecule has 0 aromatic heterocycles. The molecule has 2 atom stereocenters. The van der Waals surface area contributed by atoms with Crippen LogP contribution >= 0.6 is 0 Å². The Balaban J connectivity index is 5.50. The van der Waals surface area contributed by atoms with E-state index >= 15 is 0 Å². The number of nitrogens with zero attached hydrogens (tertiary/aromatic N) is 3. The molecule has 0 aliphatic rings. The van der Waals surface area contributed by atoms with Crippen LogP contribution in [0.5, 0.6) is 0 Å². The lowest BCUT2D eigenvalue weighted by Crippen LogP contribution is -2.33. The lowest BCUT2D eigenvalue weighted by atomic mass is 9.74. The maximum absolute atomic E-state index is 13.6. The van der Waals surface area contributed by atoms with Crippen molar-refractivity contribution in [2.75, 3.05) is 52.9 Å². The van der Waals surface area contributed by atoms with E-state index in [1.807, 2.05) is 0 Å². The maximum atomic E-state index is 13.6. The molecule has 8 nitrogen and oxygen atoms in total. The number of hydrogen-bond donors (Lipinski definition) is 2. The van der Waals surface area contributed by atoms with Crippen molar-refractivity contribution < 1.29 is 24.6 Å². The molecule has 0 saturated heterocycles. The summed E-state index contributed by atoms with van der Waals surface area (Å²) in [6.07, 6.45) is 63.6. The number of hydrogen-bond acceptors (Lipinski definition) is 5. The molecule has 488 valence electrons. The van der Waals surface area contributed by atoms with Gasteiger partial charge in [0.2, 0.25) is 5.91 Å². The number of carboxylic acids is 2. The van der Waals surface area contributed by atoms with Crippen LogP contribution in [0, 0.1) is 10.8 Å². The van der Waals surface area contributed by atoms with Crippen LogP contribution in [0.15, 0.2) is 0 Å². The number of carbonyl (C=O) groups is 3. The first-order valence-corrected chi connectivity index (χ1v) is 37.2. The Bertz CT molecular complexity index is 1300. The molecule has 0 radical (unpaired) electrons. The topological polar surface area (TPSA) is 101 Å². The van der Waals surface area contributed by atoms with Gasteiger partial charge in [0.25, 0.3) is 0 Å². The molecule has 82 heavy (non-hydrogen) atoms. The highest BCUT2D eigenvalue weighted by molar-refractivity contribution is 5.76. The summed E-state index contributed by atoms with van der Waals surface area (Å²) in [7, 11) is 2.27. The van der Waals surface area contributed by atoms with E-state index in [-0.39, 0.29) is 0 Å². The molecule has 0 heterocycles. The molecule has 0 rings (SSSR count). The number of rotatable bonds is 68. The Morgan fingerprint density at radius 1 is 0.268 bits per heavy atom. The fourth-order valence-electron chi connectivity index (χ4n) is 13.2. The molecular formula is C74H147N3O5. The predicted octanol–water partition coefficient (Wildman–Crippen LogP) is 22.8. The van der Waals surface area contributed by atoms with Crippen LogP contribution in [-0.4, -0.2) is 95.6 Å². The fraction of sp³-hybridized carbons (Fsp3) is 0.959. The second kappa shape index (κ2) is 59.7. The highest BCUT2D eigenvalue weighted by Crippen LogP contribution is 2.39. The Hall–Kier alpha value is -1.67. The summed E-state index contributed by atoms with van der Waals surface area (Å²) in [6, 6.07) is 0. The quantitative estimate of drug-likeness (QED) is 0.0585. The Labute approximate surface area is 513 Å². The van der Waals surface area contributed by atoms with Gasteiger partial charge in [-0.15, -0.1) is 0 Å². The predicted molar refractivity (Wildman–Crippen MR) is 359 cm³/mol. The molecule has 8 heteroatoms. The number of carbonyl (C=O) groups excluding carboxylic acids is 1. The zero-order valence-electron chi connectivity index (χ0n) is 56.8. The summed E-state index contributed by atoms with van der Waals surface area (Å²) < 4.78 is 0. The van der Waals surface area contributed by atoms with Crippen LogP contribution in [0.2, 0.25) is 0 Å². The van der Waals surface area contributed by atoms with Crippen LogP contribution in [-0.2, 0) is 14.4 Å². The number of aliphatic carboxylic acids is 2. The maximum Gasteiger partial charge on any atom is 0.309 e. The third kappa shape index (κ3) is 46.5. The average molecular weight is 1160 g/mol. The van der Waals surface area contributed by atoms with Gasteiger partial charge >= 0.3 is 11.9 Å². The van der Waals surface area contributed by atoms with Crippen molar-refractivity contribution in [3.63, 3.8) is 0 Å². The summed E-state index contributed by atoms with van der Waals surface area (Å²) in [6.45, 7) is 20.9. The second-order valence-corrected chi connectivity index (χ2v) is 26.8. The molecule has 0 bridgehead atoms. The van der Waals surface area contributed by atoms with Crippen LogP contribution < -0.4 is 0 Å². The lowest BCUT2D eigenvalue weighted by molar-refractivity contribution is -0.151. The van der Waals surface area contributed by atoms with Gasteiger partial charge in [-0.1, -0.05) is 298 Å². The SMILES string of the molecule is CCCCCCCCCCN(CCCCCCCCCC)C(=O)CCCCN(C)CCCCN(CCCCCCC(CCCCCC)(CCCCCCCC)C(=O)O)CCCCCCC(CCCCCC)(CCCCCCCC)C(=O)O. The minimum absolute atomic E-state index is 0.387. The molecule has 0 aliphatic carbocycles. The van der Waals surface area contributed by atoms with Gasteiger partial charge in [-0.3, -0.25) is 14.4 Å². The van der Waals surface area contributed by atoms with Crippen LogP contribution in [0.25, 0.3) is 0 Å². The van der Waals surface area contributed by atoms with Crippen molar-refractivity contribution in [2.45, 2.75) is 395 Å². The van der Waals surface area contributed by atoms with Crippen molar-refractivity contribution in [1.82, 2.24) is 14.7 Å². The molecule has 0 aromatic rings. The minimum Gasteiger partial charge on any atom is -0.481 e. The van der Waals surface area contributed by atoms with Crippen molar-refractivity contribution >= 4 is 17.8 Å². The molecule has 0 fully saturated rings. The Morgan fingerprint density at radius 2 is 0.476 bits per heavy atom. The number of carboxylic acid groups (broad SMARTS) is 2. The van der Waals surface area contributed by atoms with E-state index in [1.165, 1.54) is 193 Å². The van der Waals surface area contributed by atoms with Crippen molar-refractivity contribution in [3.05, 3.63) is 0 Å². The molecule has 0 aliphatic heterocycles. The normalized spacial score (nSPS) is 13.3. The summed E-state index contributed by atoms with van der Waals surface area (Å²) in [5, 5.41) is 21.4. The van der Waals surface area contributed by atoms with Crippen molar-refractivity contribution in [1.29, 1.82) is 0 Å². The van der Waals surface area contributed by atoms with E-state index in [0.29, 0.717) is 12.3 Å². The summed E-state index contributed by atoms with van der Waals surface area (Å²) in [5.74, 6) is -0.699. The van der Waals surface area contributed by atoms with Gasteiger partial charge in [0, 0.05) is 19.5 Å². The molecule has 1 amide bonds. The first-order chi connectivity index (χ1) is 40.0. The van der Waals surface area contributed by atoms with E-state index in [4.69, 9.17) is 0 Å². The molecule has 0 spiro atoms. The highest BCUT2D eigenvalue weighted by atomic mass is 16.4. The molecule has 2 unspecified atom stereocenters. The summed E-state index contributed by atoms with van der Waals surface area (Å²) in [4.78, 5) is 47.1. The molecule has 0 aromatic carbocycles. The van der Waals surface area contributed by atoms with E-state index < -0.39 is 22.8 Å². The van der Waals surface area contributed by atoms with Gasteiger partial charge in [0.1, 0.15) is 0 Å². The second-order valence-electron chi connectivity index (χ2n) is 26.8. The van der Waals surface area contributed by atoms with E-state index in [2.05, 4.69) is 63.3 Å². The molecular weight excluding hydrogens is 1010 g/mol. The minimum atomic E-state index is -0.553. The third-order valence-electron chi connectivity index (χ3n) is 19.1. The van der Waals surface area contributed by atoms with Crippen molar-refractivity contribution in [2.24, 2.45) is 10.8 Å². The van der Waals surface area contributed by atoms with Gasteiger partial charge in [-0.05, 0) is 130 Å². The third-order valence-corrected chi connectivity index (χ3v) is 19.1. The summed E-state index contributed by atoms with van der Waals surface area (Å²) >= 11 is 0. The Morgan fingerprint density at radius 3 is 0.756 bits per heavy atom. The molecule has 0 saturated carbocycles. The van der Waals surface area contributed by atoms with E-state index in [9.17, 15) is 24.6 Å². The monoisotopic (exact) mass is 1160 g/mol. The van der Waals surface area contributed by atoms with Gasteiger partial charge in [0.15, 0.2) is 0 Å². The van der Waals surface area contributed by atoms with E-state index in [1.54, 1.807) is 0 Å². The first-order valence-electron chi connectivity index (χ1n) is 37.2. The largest absolute Gasteiger partial charge is 0.481 e. The molecule has 2 N–H and O–H groups in total. The van der Waals surface area contributed by atoms with E-state index in [0.717, 1.165) is 200 Å². The van der Waals surface area contributed by atoms with Gasteiger partial charge < -0.3 is 24.9 Å². The fourth-order valence-corrected chi connectivity index (χ4v) is 13.2. The van der Waals surface area contributed by atoms with Gasteiger partial charge in [-0.2, -0.15) is 0 Å². The van der Waals surface area contributed by atoms with Gasteiger partial charge in [0.05, 0.1) is 10.8 Å². The van der Waals surface area contributed by atoms with Crippen LogP contribution in [0.4, 0.5) is 0 Å². The van der Waals surface area contributed by atoms with Crippen LogP contribution in [0.1, 0.15) is 395 Å². The zero-order chi connectivity index (χ0) is 60.3. The number of amides is 1. The lowest BCUT2D eigenvalue weighted by Gasteiger charge is -2.30. The zero-order valence-corrected chi connectivity index (χ0v) is 56.8. The van der Waals surface area contributed by atoms with Gasteiger partial charge in [-0.25, -0.2) is 0 Å². The average Bonchev–Trinajstić information content (AvgIpc) is 3.54. The smallest absolute Gasteiger partial charge is 0.309 e. The highest BCUT2D eigenvalue weighted by Gasteiger charge is 2.38. The Kier molecular flexibility index (Phi) is 58.4. The standard InChI is InChI=1S/C74H147N3O5/c1-8-14-20-26-30-32-38-51-68-77(69-52-39-33-31-27-21-15-9-2)70(78)56-42-53-63-75(7)64-54-55-67-76(65-49-40-36-47-61-73(71(79)80,57-43-24-18-12-5)59-45-34-28-22-16-10-3)66-50-41-37-48-62-74(72(81)82,58-44-25-19-13-6)60-46-35-29-23-17-11-4/h8-69H2,1-7H3,(H,79,80)(H,81,82). The number of unbranched alkanes of at least 4 members (excludes halogenated alkanes) is 38.